The number of rotatable bonds is 7. The minimum atomic E-state index is 0.237. The second-order valence-electron chi connectivity index (χ2n) is 7.92. The Bertz CT molecular complexity index is 892. The van der Waals surface area contributed by atoms with Crippen molar-refractivity contribution in [2.24, 2.45) is 0 Å². The molecule has 1 aromatic heterocycles. The molecular weight excluding hydrogens is 360 g/mol. The molecule has 0 bridgehead atoms. The molecule has 5 heteroatoms. The second kappa shape index (κ2) is 9.35. The number of nitrogens with zero attached hydrogens (tertiary/aromatic N) is 4. The predicted molar refractivity (Wildman–Crippen MR) is 116 cm³/mol. The molecule has 29 heavy (non-hydrogen) atoms. The maximum absolute atomic E-state index is 9.60. The molecule has 1 aliphatic rings. The summed E-state index contributed by atoms with van der Waals surface area (Å²) in [5.41, 5.74) is 5.13. The lowest BCUT2D eigenvalue weighted by Crippen LogP contribution is -2.52. The zero-order chi connectivity index (χ0) is 20.1. The Hall–Kier alpha value is -2.47. The third kappa shape index (κ3) is 4.93. The fourth-order valence-electron chi connectivity index (χ4n) is 4.17. The van der Waals surface area contributed by atoms with Gasteiger partial charge in [-0.15, -0.1) is 0 Å². The maximum Gasteiger partial charge on any atom is 0.0645 e. The van der Waals surface area contributed by atoms with Gasteiger partial charge in [0.2, 0.25) is 0 Å². The summed E-state index contributed by atoms with van der Waals surface area (Å²) in [6.07, 6.45) is 4.58. The Morgan fingerprint density at radius 2 is 1.83 bits per heavy atom. The average molecular weight is 391 g/mol. The number of aromatic nitrogens is 2. The van der Waals surface area contributed by atoms with Crippen molar-refractivity contribution >= 4 is 0 Å². The Morgan fingerprint density at radius 3 is 2.55 bits per heavy atom. The van der Waals surface area contributed by atoms with Crippen molar-refractivity contribution in [1.29, 1.82) is 0 Å². The van der Waals surface area contributed by atoms with E-state index in [0.717, 1.165) is 44.8 Å². The van der Waals surface area contributed by atoms with Crippen LogP contribution in [0, 0.1) is 6.92 Å². The van der Waals surface area contributed by atoms with Gasteiger partial charge >= 0.3 is 0 Å². The first-order valence-electron chi connectivity index (χ1n) is 10.4. The van der Waals surface area contributed by atoms with Gasteiger partial charge in [-0.3, -0.25) is 9.80 Å². The van der Waals surface area contributed by atoms with Gasteiger partial charge in [-0.25, -0.2) is 4.68 Å². The number of hydrogen-bond donors (Lipinski definition) is 1. The first kappa shape index (κ1) is 19.8. The molecule has 0 amide bonds. The predicted octanol–water partition coefficient (Wildman–Crippen LogP) is 3.25. The van der Waals surface area contributed by atoms with E-state index in [1.807, 2.05) is 16.9 Å². The van der Waals surface area contributed by atoms with Crippen LogP contribution in [0.4, 0.5) is 0 Å². The van der Waals surface area contributed by atoms with E-state index in [4.69, 9.17) is 0 Å². The quantitative estimate of drug-likeness (QED) is 0.673. The smallest absolute Gasteiger partial charge is 0.0645 e. The van der Waals surface area contributed by atoms with E-state index in [1.54, 1.807) is 6.20 Å². The lowest BCUT2D eigenvalue weighted by atomic mass is 10.0. The van der Waals surface area contributed by atoms with E-state index in [-0.39, 0.29) is 6.61 Å². The van der Waals surface area contributed by atoms with Gasteiger partial charge in [0.15, 0.2) is 0 Å². The van der Waals surface area contributed by atoms with Crippen molar-refractivity contribution in [2.45, 2.75) is 32.5 Å². The Balaban J connectivity index is 1.38. The zero-order valence-electron chi connectivity index (χ0n) is 17.1. The van der Waals surface area contributed by atoms with Gasteiger partial charge in [0, 0.05) is 57.8 Å². The molecule has 0 saturated carbocycles. The third-order valence-electron chi connectivity index (χ3n) is 5.90. The van der Waals surface area contributed by atoms with Crippen molar-refractivity contribution in [1.82, 2.24) is 19.6 Å². The van der Waals surface area contributed by atoms with Gasteiger partial charge < -0.3 is 5.11 Å². The molecule has 2 heterocycles. The minimum absolute atomic E-state index is 0.237. The third-order valence-corrected chi connectivity index (χ3v) is 5.90. The summed E-state index contributed by atoms with van der Waals surface area (Å²) in [4.78, 5) is 5.05. The summed E-state index contributed by atoms with van der Waals surface area (Å²) in [7, 11) is 0. The van der Waals surface area contributed by atoms with E-state index in [1.165, 1.54) is 16.7 Å². The highest BCUT2D eigenvalue weighted by atomic mass is 16.3. The van der Waals surface area contributed by atoms with Gasteiger partial charge in [-0.2, -0.15) is 5.10 Å². The van der Waals surface area contributed by atoms with Crippen molar-refractivity contribution in [3.8, 4) is 5.69 Å². The Kier molecular flexibility index (Phi) is 6.39. The van der Waals surface area contributed by atoms with Crippen molar-refractivity contribution in [3.05, 3.63) is 83.7 Å². The Labute approximate surface area is 173 Å². The van der Waals surface area contributed by atoms with E-state index < -0.39 is 0 Å². The number of aliphatic hydroxyl groups excluding tert-OH is 1. The summed E-state index contributed by atoms with van der Waals surface area (Å²) in [6, 6.07) is 19.6. The first-order valence-corrected chi connectivity index (χ1v) is 10.4. The van der Waals surface area contributed by atoms with Gasteiger partial charge in [0.05, 0.1) is 5.69 Å². The molecule has 1 atom stereocenters. The molecule has 0 radical (unpaired) electrons. The number of aliphatic hydroxyl groups is 1. The molecule has 1 fully saturated rings. The molecule has 4 rings (SSSR count). The highest BCUT2D eigenvalue weighted by molar-refractivity contribution is 5.33. The second-order valence-corrected chi connectivity index (χ2v) is 7.92. The zero-order valence-corrected chi connectivity index (χ0v) is 17.1. The van der Waals surface area contributed by atoms with Crippen molar-refractivity contribution < 1.29 is 5.11 Å². The van der Waals surface area contributed by atoms with Gasteiger partial charge in [-0.1, -0.05) is 36.4 Å². The number of hydrogen-bond acceptors (Lipinski definition) is 4. The van der Waals surface area contributed by atoms with Crippen LogP contribution in [-0.4, -0.2) is 57.0 Å². The normalized spacial score (nSPS) is 18.2. The topological polar surface area (TPSA) is 44.5 Å². The van der Waals surface area contributed by atoms with E-state index in [9.17, 15) is 5.11 Å². The van der Waals surface area contributed by atoms with Crippen molar-refractivity contribution in [3.63, 3.8) is 0 Å². The number of benzene rings is 2. The summed E-state index contributed by atoms with van der Waals surface area (Å²) < 4.78 is 1.88. The van der Waals surface area contributed by atoms with Crippen molar-refractivity contribution in [2.75, 3.05) is 26.2 Å². The minimum Gasteiger partial charge on any atom is -0.396 e. The number of aryl methyl sites for hydroxylation is 1. The van der Waals surface area contributed by atoms with E-state index >= 15 is 0 Å². The van der Waals surface area contributed by atoms with Gasteiger partial charge in [-0.05, 0) is 48.2 Å². The molecule has 5 nitrogen and oxygen atoms in total. The fraction of sp³-hybridized carbons (Fsp3) is 0.375. The maximum atomic E-state index is 9.60. The molecular formula is C24H30N4O. The van der Waals surface area contributed by atoms with Crippen LogP contribution in [0.1, 0.15) is 23.1 Å². The lowest BCUT2D eigenvalue weighted by Gasteiger charge is -2.41. The summed E-state index contributed by atoms with van der Waals surface area (Å²) in [5, 5.41) is 13.9. The largest absolute Gasteiger partial charge is 0.396 e. The molecule has 1 unspecified atom stereocenters. The van der Waals surface area contributed by atoms with Crippen LogP contribution in [0.15, 0.2) is 67.0 Å². The first-order chi connectivity index (χ1) is 14.2. The van der Waals surface area contributed by atoms with Crippen LogP contribution in [-0.2, 0) is 13.1 Å². The van der Waals surface area contributed by atoms with Crippen LogP contribution in [0.2, 0.25) is 0 Å². The molecule has 1 saturated heterocycles. The van der Waals surface area contributed by atoms with Gasteiger partial charge in [0.25, 0.3) is 0 Å². The van der Waals surface area contributed by atoms with Crippen LogP contribution < -0.4 is 0 Å². The molecule has 0 aliphatic carbocycles. The molecule has 1 N–H and O–H groups in total. The Morgan fingerprint density at radius 1 is 1.00 bits per heavy atom. The highest BCUT2D eigenvalue weighted by Crippen LogP contribution is 2.20. The van der Waals surface area contributed by atoms with E-state index in [0.29, 0.717) is 6.04 Å². The average Bonchev–Trinajstić information content (AvgIpc) is 3.27. The molecule has 0 spiro atoms. The van der Waals surface area contributed by atoms with E-state index in [2.05, 4.69) is 70.4 Å². The molecule has 3 aromatic rings. The molecule has 152 valence electrons. The summed E-state index contributed by atoms with van der Waals surface area (Å²) >= 11 is 0. The van der Waals surface area contributed by atoms with Crippen LogP contribution >= 0.6 is 0 Å². The summed E-state index contributed by atoms with van der Waals surface area (Å²) in [6.45, 7) is 7.40. The summed E-state index contributed by atoms with van der Waals surface area (Å²) in [5.74, 6) is 0. The molecule has 2 aromatic carbocycles. The standard InChI is InChI=1S/C24H30N4O/c1-20-5-2-3-6-22(20)18-27-15-14-26(19-24(27)11-16-29)17-21-7-9-23(10-8-21)28-13-4-12-25-28/h2-10,12-13,24,29H,11,14-19H2,1H3. The highest BCUT2D eigenvalue weighted by Gasteiger charge is 2.26. The van der Waals surface area contributed by atoms with Crippen LogP contribution in [0.3, 0.4) is 0 Å². The fourth-order valence-corrected chi connectivity index (χ4v) is 4.17. The van der Waals surface area contributed by atoms with Gasteiger partial charge in [0.1, 0.15) is 0 Å². The van der Waals surface area contributed by atoms with Crippen LogP contribution in [0.5, 0.6) is 0 Å². The monoisotopic (exact) mass is 390 g/mol. The van der Waals surface area contributed by atoms with Crippen LogP contribution in [0.25, 0.3) is 5.69 Å². The number of piperazine rings is 1. The molecule has 1 aliphatic heterocycles. The lowest BCUT2D eigenvalue weighted by molar-refractivity contribution is 0.0498. The SMILES string of the molecule is Cc1ccccc1CN1CCN(Cc2ccc(-n3cccn3)cc2)CC1CCO.